The second-order valence-electron chi connectivity index (χ2n) is 7.44. The van der Waals surface area contributed by atoms with Crippen LogP contribution in [0.5, 0.6) is 0 Å². The average Bonchev–Trinajstić information content (AvgIpc) is 2.86. The molecule has 0 spiro atoms. The molecule has 1 aliphatic heterocycles. The number of likely N-dealkylation sites (tertiary alicyclic amines) is 1. The molecule has 2 aromatic rings. The van der Waals surface area contributed by atoms with Gasteiger partial charge in [0.15, 0.2) is 0 Å². The van der Waals surface area contributed by atoms with Crippen molar-refractivity contribution in [3.05, 3.63) is 77.9 Å². The van der Waals surface area contributed by atoms with Crippen LogP contribution in [0.15, 0.2) is 66.7 Å². The number of hydrogen-bond acceptors (Lipinski definition) is 6. The number of amides is 2. The molecular weight excluding hydrogens is 440 g/mol. The minimum atomic E-state index is -0.735. The second-order valence-corrected chi connectivity index (χ2v) is 8.61. The lowest BCUT2D eigenvalue weighted by atomic mass is 9.93. The Bertz CT molecular complexity index is 967. The van der Waals surface area contributed by atoms with Crippen LogP contribution in [0.2, 0.25) is 0 Å². The summed E-state index contributed by atoms with van der Waals surface area (Å²) in [6.07, 6.45) is 3.82. The molecule has 2 unspecified atom stereocenters. The van der Waals surface area contributed by atoms with Gasteiger partial charge in [0.25, 0.3) is 0 Å². The summed E-state index contributed by atoms with van der Waals surface area (Å²) in [5.41, 5.74) is 1.84. The third-order valence-electron chi connectivity index (χ3n) is 5.24. The minimum Gasteiger partial charge on any atom is -0.468 e. The third-order valence-corrected chi connectivity index (χ3v) is 6.58. The van der Waals surface area contributed by atoms with Gasteiger partial charge in [0.2, 0.25) is 5.91 Å². The Balaban J connectivity index is 1.69. The number of carbonyl (C=O) groups excluding carboxylic acids is 3. The zero-order valence-electron chi connectivity index (χ0n) is 18.7. The standard InChI is InChI=1S/C25H28N2O5S/c1-3-21(33-17-22(28)31-2)27-20(15-14-18-10-6-4-7-11-18)23(24(27)29)26-25(30)32-16-19-12-8-5-9-13-19/h4-15,20-21,23H,3,16-17H2,1-2H3,(H,26,30)/t20?,21-,23?/m0/s1. The van der Waals surface area contributed by atoms with E-state index in [9.17, 15) is 14.4 Å². The van der Waals surface area contributed by atoms with Gasteiger partial charge in [-0.15, -0.1) is 11.8 Å². The first kappa shape index (κ1) is 24.4. The molecule has 1 saturated heterocycles. The number of esters is 1. The topological polar surface area (TPSA) is 84.9 Å². The lowest BCUT2D eigenvalue weighted by Crippen LogP contribution is -2.71. The number of benzene rings is 2. The number of hydrogen-bond donors (Lipinski definition) is 1. The molecule has 0 radical (unpaired) electrons. The van der Waals surface area contributed by atoms with Crippen molar-refractivity contribution in [2.75, 3.05) is 12.9 Å². The lowest BCUT2D eigenvalue weighted by Gasteiger charge is -2.49. The highest BCUT2D eigenvalue weighted by Gasteiger charge is 2.49. The average molecular weight is 469 g/mol. The lowest BCUT2D eigenvalue weighted by molar-refractivity contribution is -0.149. The van der Waals surface area contributed by atoms with Gasteiger partial charge in [-0.25, -0.2) is 4.79 Å². The van der Waals surface area contributed by atoms with Crippen LogP contribution >= 0.6 is 11.8 Å². The van der Waals surface area contributed by atoms with E-state index in [1.165, 1.54) is 18.9 Å². The number of nitrogens with zero attached hydrogens (tertiary/aromatic N) is 1. The van der Waals surface area contributed by atoms with Crippen molar-refractivity contribution in [2.45, 2.75) is 37.4 Å². The fourth-order valence-electron chi connectivity index (χ4n) is 3.50. The van der Waals surface area contributed by atoms with Crippen molar-refractivity contribution >= 4 is 35.8 Å². The molecule has 1 aliphatic rings. The van der Waals surface area contributed by atoms with Crippen molar-refractivity contribution in [3.63, 3.8) is 0 Å². The SMILES string of the molecule is CC[C@H](SCC(=O)OC)N1C(=O)C(NC(=O)OCc2ccccc2)C1C=Cc1ccccc1. The Morgan fingerprint density at radius 3 is 2.42 bits per heavy atom. The van der Waals surface area contributed by atoms with Gasteiger partial charge in [-0.3, -0.25) is 9.59 Å². The minimum absolute atomic E-state index is 0.119. The van der Waals surface area contributed by atoms with E-state index in [-0.39, 0.29) is 35.7 Å². The Kier molecular flexibility index (Phi) is 8.95. The van der Waals surface area contributed by atoms with Gasteiger partial charge in [0.1, 0.15) is 12.6 Å². The normalized spacial score (nSPS) is 18.5. The maximum atomic E-state index is 13.0. The van der Waals surface area contributed by atoms with E-state index in [0.29, 0.717) is 6.42 Å². The fourth-order valence-corrected chi connectivity index (χ4v) is 4.59. The molecule has 1 N–H and O–H groups in total. The summed E-state index contributed by atoms with van der Waals surface area (Å²) in [6.45, 7) is 2.07. The zero-order valence-corrected chi connectivity index (χ0v) is 19.5. The van der Waals surface area contributed by atoms with Crippen LogP contribution in [-0.4, -0.2) is 53.2 Å². The summed E-state index contributed by atoms with van der Waals surface area (Å²) >= 11 is 1.35. The maximum Gasteiger partial charge on any atom is 0.408 e. The van der Waals surface area contributed by atoms with E-state index in [0.717, 1.165) is 11.1 Å². The highest BCUT2D eigenvalue weighted by Crippen LogP contribution is 2.32. The van der Waals surface area contributed by atoms with Crippen LogP contribution < -0.4 is 5.32 Å². The number of carbonyl (C=O) groups is 3. The molecule has 1 heterocycles. The molecule has 0 bridgehead atoms. The number of nitrogens with one attached hydrogen (secondary N) is 1. The monoisotopic (exact) mass is 468 g/mol. The third kappa shape index (κ3) is 6.61. The highest BCUT2D eigenvalue weighted by atomic mass is 32.2. The van der Waals surface area contributed by atoms with Gasteiger partial charge in [0.05, 0.1) is 24.3 Å². The van der Waals surface area contributed by atoms with Crippen molar-refractivity contribution in [1.82, 2.24) is 10.2 Å². The second kappa shape index (κ2) is 12.1. The van der Waals surface area contributed by atoms with Gasteiger partial charge >= 0.3 is 12.1 Å². The van der Waals surface area contributed by atoms with E-state index in [2.05, 4.69) is 5.32 Å². The summed E-state index contributed by atoms with van der Waals surface area (Å²) in [7, 11) is 1.34. The Labute approximate surface area is 198 Å². The Hall–Kier alpha value is -3.26. The summed E-state index contributed by atoms with van der Waals surface area (Å²) in [4.78, 5) is 38.7. The molecule has 0 aromatic heterocycles. The van der Waals surface area contributed by atoms with Gasteiger partial charge < -0.3 is 19.7 Å². The molecule has 0 aliphatic carbocycles. The fraction of sp³-hybridized carbons (Fsp3) is 0.320. The van der Waals surface area contributed by atoms with Gasteiger partial charge in [-0.2, -0.15) is 0 Å². The molecule has 1 fully saturated rings. The number of thioether (sulfide) groups is 1. The van der Waals surface area contributed by atoms with Crippen LogP contribution in [0.4, 0.5) is 4.79 Å². The predicted molar refractivity (Wildman–Crippen MR) is 128 cm³/mol. The van der Waals surface area contributed by atoms with Crippen molar-refractivity contribution in [1.29, 1.82) is 0 Å². The van der Waals surface area contributed by atoms with Gasteiger partial charge in [-0.05, 0) is 17.5 Å². The number of alkyl carbamates (subject to hydrolysis) is 1. The van der Waals surface area contributed by atoms with E-state index in [1.807, 2.05) is 79.7 Å². The number of rotatable bonds is 10. The molecule has 0 saturated carbocycles. The molecule has 2 aromatic carbocycles. The number of methoxy groups -OCH3 is 1. The van der Waals surface area contributed by atoms with Crippen molar-refractivity contribution in [2.24, 2.45) is 0 Å². The first-order valence-electron chi connectivity index (χ1n) is 10.7. The van der Waals surface area contributed by atoms with Crippen LogP contribution in [0, 0.1) is 0 Å². The molecule has 2 amide bonds. The van der Waals surface area contributed by atoms with Crippen LogP contribution in [0.25, 0.3) is 6.08 Å². The Morgan fingerprint density at radius 2 is 1.79 bits per heavy atom. The first-order valence-corrected chi connectivity index (χ1v) is 11.8. The summed E-state index contributed by atoms with van der Waals surface area (Å²) in [5.74, 6) is -0.411. The predicted octanol–water partition coefficient (Wildman–Crippen LogP) is 3.85. The quantitative estimate of drug-likeness (QED) is 0.421. The van der Waals surface area contributed by atoms with Crippen LogP contribution in [0.3, 0.4) is 0 Å². The van der Waals surface area contributed by atoms with E-state index in [4.69, 9.17) is 9.47 Å². The van der Waals surface area contributed by atoms with E-state index < -0.39 is 12.1 Å². The first-order chi connectivity index (χ1) is 16.0. The molecule has 174 valence electrons. The Morgan fingerprint density at radius 1 is 1.12 bits per heavy atom. The van der Waals surface area contributed by atoms with Crippen molar-refractivity contribution in [3.8, 4) is 0 Å². The molecule has 7 nitrogen and oxygen atoms in total. The number of ether oxygens (including phenoxy) is 2. The van der Waals surface area contributed by atoms with E-state index in [1.54, 1.807) is 4.90 Å². The summed E-state index contributed by atoms with van der Waals surface area (Å²) in [5, 5.41) is 2.48. The highest BCUT2D eigenvalue weighted by molar-refractivity contribution is 8.00. The molecule has 8 heteroatoms. The smallest absolute Gasteiger partial charge is 0.408 e. The largest absolute Gasteiger partial charge is 0.468 e. The van der Waals surface area contributed by atoms with Crippen molar-refractivity contribution < 1.29 is 23.9 Å². The van der Waals surface area contributed by atoms with Gasteiger partial charge in [-0.1, -0.05) is 79.7 Å². The number of β-lactam (4-membered cyclic amide) rings is 1. The molecule has 33 heavy (non-hydrogen) atoms. The van der Waals surface area contributed by atoms with Crippen LogP contribution in [0.1, 0.15) is 24.5 Å². The zero-order chi connectivity index (χ0) is 23.6. The molecule has 3 atom stereocenters. The summed E-state index contributed by atoms with van der Waals surface area (Å²) < 4.78 is 10.0. The summed E-state index contributed by atoms with van der Waals surface area (Å²) in [6, 6.07) is 18.0. The van der Waals surface area contributed by atoms with Crippen LogP contribution in [-0.2, 0) is 25.7 Å². The molecular formula is C25H28N2O5S. The van der Waals surface area contributed by atoms with Gasteiger partial charge in [0, 0.05) is 0 Å². The maximum absolute atomic E-state index is 13.0. The molecule has 3 rings (SSSR count). The van der Waals surface area contributed by atoms with E-state index >= 15 is 0 Å².